The van der Waals surface area contributed by atoms with Gasteiger partial charge in [-0.05, 0) is 42.5 Å². The van der Waals surface area contributed by atoms with E-state index in [1.807, 2.05) is 0 Å². The number of thioether (sulfide) groups is 1. The number of carboxylic acid groups (broad SMARTS) is 1. The summed E-state index contributed by atoms with van der Waals surface area (Å²) < 4.78 is 0. The topological polar surface area (TPSA) is 101 Å². The average molecular weight is 342 g/mol. The van der Waals surface area contributed by atoms with Crippen molar-refractivity contribution in [3.05, 3.63) is 54.1 Å². The quantitative estimate of drug-likeness (QED) is 0.653. The molecule has 122 valence electrons. The zero-order valence-corrected chi connectivity index (χ0v) is 13.3. The van der Waals surface area contributed by atoms with E-state index in [4.69, 9.17) is 10.8 Å². The first-order chi connectivity index (χ1) is 11.5. The van der Waals surface area contributed by atoms with Gasteiger partial charge in [-0.25, -0.2) is 9.69 Å². The molecule has 0 radical (unpaired) electrons. The summed E-state index contributed by atoms with van der Waals surface area (Å²) in [4.78, 5) is 37.8. The normalized spacial score (nSPS) is 17.3. The lowest BCUT2D eigenvalue weighted by atomic mass is 10.2. The Hall–Kier alpha value is -2.80. The second kappa shape index (κ2) is 6.37. The van der Waals surface area contributed by atoms with Gasteiger partial charge in [0.1, 0.15) is 0 Å². The van der Waals surface area contributed by atoms with Gasteiger partial charge in [-0.15, -0.1) is 11.8 Å². The molecule has 0 saturated carbocycles. The molecule has 2 aromatic carbocycles. The predicted octanol–water partition coefficient (Wildman–Crippen LogP) is 2.39. The maximum absolute atomic E-state index is 12.6. The summed E-state index contributed by atoms with van der Waals surface area (Å²) in [7, 11) is 0. The van der Waals surface area contributed by atoms with Gasteiger partial charge < -0.3 is 10.8 Å². The van der Waals surface area contributed by atoms with Crippen LogP contribution in [0.5, 0.6) is 0 Å². The van der Waals surface area contributed by atoms with Crippen LogP contribution >= 0.6 is 11.8 Å². The van der Waals surface area contributed by atoms with Crippen LogP contribution in [0.15, 0.2) is 53.4 Å². The molecule has 1 aliphatic rings. The minimum atomic E-state index is -1.11. The summed E-state index contributed by atoms with van der Waals surface area (Å²) in [6, 6.07) is 12.9. The van der Waals surface area contributed by atoms with Crippen molar-refractivity contribution < 1.29 is 19.5 Å². The number of nitrogen functional groups attached to an aromatic ring is 1. The molecule has 0 aliphatic carbocycles. The van der Waals surface area contributed by atoms with Crippen LogP contribution in [0.25, 0.3) is 0 Å². The molecule has 1 heterocycles. The first-order valence-corrected chi connectivity index (χ1v) is 8.06. The number of rotatable bonds is 4. The molecule has 2 aromatic rings. The molecule has 1 saturated heterocycles. The number of imide groups is 1. The molecular weight excluding hydrogens is 328 g/mol. The molecule has 1 aliphatic heterocycles. The van der Waals surface area contributed by atoms with Gasteiger partial charge in [0.2, 0.25) is 11.8 Å². The SMILES string of the molecule is Nc1ccc(SC2CC(=O)N(c3cccc(C(=O)O)c3)C2=O)cc1. The lowest BCUT2D eigenvalue weighted by Gasteiger charge is -2.15. The molecule has 2 amide bonds. The van der Waals surface area contributed by atoms with Crippen molar-refractivity contribution in [2.24, 2.45) is 0 Å². The molecule has 3 rings (SSSR count). The zero-order valence-electron chi connectivity index (χ0n) is 12.5. The first kappa shape index (κ1) is 16.1. The van der Waals surface area contributed by atoms with Gasteiger partial charge in [0.25, 0.3) is 0 Å². The van der Waals surface area contributed by atoms with Crippen LogP contribution < -0.4 is 10.6 Å². The lowest BCUT2D eigenvalue weighted by molar-refractivity contribution is -0.121. The maximum Gasteiger partial charge on any atom is 0.335 e. The highest BCUT2D eigenvalue weighted by molar-refractivity contribution is 8.00. The van der Waals surface area contributed by atoms with E-state index >= 15 is 0 Å². The third-order valence-corrected chi connectivity index (χ3v) is 4.81. The van der Waals surface area contributed by atoms with Crippen molar-refractivity contribution in [2.45, 2.75) is 16.6 Å². The molecule has 0 spiro atoms. The van der Waals surface area contributed by atoms with E-state index < -0.39 is 11.2 Å². The largest absolute Gasteiger partial charge is 0.478 e. The number of carbonyl (C=O) groups excluding carboxylic acids is 2. The van der Waals surface area contributed by atoms with Crippen LogP contribution in [0.3, 0.4) is 0 Å². The van der Waals surface area contributed by atoms with E-state index in [0.29, 0.717) is 5.69 Å². The molecule has 1 unspecified atom stereocenters. The number of carboxylic acids is 1. The van der Waals surface area contributed by atoms with Crippen molar-refractivity contribution in [2.75, 3.05) is 10.6 Å². The Morgan fingerprint density at radius 2 is 1.88 bits per heavy atom. The van der Waals surface area contributed by atoms with E-state index in [9.17, 15) is 14.4 Å². The van der Waals surface area contributed by atoms with E-state index in [1.54, 1.807) is 30.3 Å². The minimum Gasteiger partial charge on any atom is -0.478 e. The number of nitrogens with two attached hydrogens (primary N) is 1. The Morgan fingerprint density at radius 1 is 1.17 bits per heavy atom. The van der Waals surface area contributed by atoms with Crippen LogP contribution in [0.4, 0.5) is 11.4 Å². The summed E-state index contributed by atoms with van der Waals surface area (Å²) in [6.07, 6.45) is 0.0746. The summed E-state index contributed by atoms with van der Waals surface area (Å²) in [5.74, 6) is -1.79. The molecule has 1 fully saturated rings. The van der Waals surface area contributed by atoms with Crippen LogP contribution in [-0.2, 0) is 9.59 Å². The number of amides is 2. The van der Waals surface area contributed by atoms with Gasteiger partial charge in [0, 0.05) is 17.0 Å². The molecular formula is C17H14N2O4S. The monoisotopic (exact) mass is 342 g/mol. The third-order valence-electron chi connectivity index (χ3n) is 3.61. The zero-order chi connectivity index (χ0) is 17.3. The second-order valence-corrected chi connectivity index (χ2v) is 6.58. The number of hydrogen-bond acceptors (Lipinski definition) is 5. The van der Waals surface area contributed by atoms with Gasteiger partial charge in [0.05, 0.1) is 16.5 Å². The van der Waals surface area contributed by atoms with Gasteiger partial charge in [-0.2, -0.15) is 0 Å². The number of aromatic carboxylic acids is 1. The van der Waals surface area contributed by atoms with E-state index in [-0.39, 0.29) is 29.5 Å². The van der Waals surface area contributed by atoms with Crippen LogP contribution in [0, 0.1) is 0 Å². The molecule has 6 nitrogen and oxygen atoms in total. The fourth-order valence-corrected chi connectivity index (χ4v) is 3.51. The highest BCUT2D eigenvalue weighted by Crippen LogP contribution is 2.34. The average Bonchev–Trinajstić information content (AvgIpc) is 2.83. The van der Waals surface area contributed by atoms with Crippen molar-refractivity contribution in [1.82, 2.24) is 0 Å². The number of benzene rings is 2. The Bertz CT molecular complexity index is 820. The van der Waals surface area contributed by atoms with Crippen molar-refractivity contribution >= 4 is 40.9 Å². The molecule has 0 bridgehead atoms. The lowest BCUT2D eigenvalue weighted by Crippen LogP contribution is -2.31. The van der Waals surface area contributed by atoms with Gasteiger partial charge in [-0.1, -0.05) is 6.07 Å². The number of hydrogen-bond donors (Lipinski definition) is 2. The number of nitrogens with zero attached hydrogens (tertiary/aromatic N) is 1. The maximum atomic E-state index is 12.6. The van der Waals surface area contributed by atoms with E-state index in [2.05, 4.69) is 0 Å². The molecule has 3 N–H and O–H groups in total. The Morgan fingerprint density at radius 3 is 2.54 bits per heavy atom. The highest BCUT2D eigenvalue weighted by atomic mass is 32.2. The first-order valence-electron chi connectivity index (χ1n) is 7.18. The van der Waals surface area contributed by atoms with Crippen molar-refractivity contribution in [1.29, 1.82) is 0 Å². The molecule has 24 heavy (non-hydrogen) atoms. The smallest absolute Gasteiger partial charge is 0.335 e. The fourth-order valence-electron chi connectivity index (χ4n) is 2.46. The van der Waals surface area contributed by atoms with Crippen molar-refractivity contribution in [3.63, 3.8) is 0 Å². The second-order valence-electron chi connectivity index (χ2n) is 5.30. The van der Waals surface area contributed by atoms with Crippen LogP contribution in [0.2, 0.25) is 0 Å². The highest BCUT2D eigenvalue weighted by Gasteiger charge is 2.40. The van der Waals surface area contributed by atoms with Gasteiger partial charge in [0.15, 0.2) is 0 Å². The predicted molar refractivity (Wildman–Crippen MR) is 91.0 cm³/mol. The van der Waals surface area contributed by atoms with Crippen LogP contribution in [-0.4, -0.2) is 28.1 Å². The van der Waals surface area contributed by atoms with Crippen molar-refractivity contribution in [3.8, 4) is 0 Å². The summed E-state index contributed by atoms with van der Waals surface area (Å²) in [5.41, 5.74) is 6.57. The third kappa shape index (κ3) is 3.11. The van der Waals surface area contributed by atoms with Gasteiger partial charge >= 0.3 is 5.97 Å². The Kier molecular flexibility index (Phi) is 4.26. The molecule has 7 heteroatoms. The Balaban J connectivity index is 1.82. The van der Waals surface area contributed by atoms with Crippen LogP contribution in [0.1, 0.15) is 16.8 Å². The number of anilines is 2. The summed E-state index contributed by atoms with van der Waals surface area (Å²) >= 11 is 1.30. The standard InChI is InChI=1S/C17H14N2O4S/c18-11-4-6-13(7-5-11)24-14-9-15(20)19(16(14)21)12-3-1-2-10(8-12)17(22)23/h1-8,14H,9,18H2,(H,22,23). The Labute approximate surface area is 142 Å². The van der Waals surface area contributed by atoms with Gasteiger partial charge in [-0.3, -0.25) is 9.59 Å². The fraction of sp³-hybridized carbons (Fsp3) is 0.118. The summed E-state index contributed by atoms with van der Waals surface area (Å²) in [5, 5.41) is 8.52. The van der Waals surface area contributed by atoms with E-state index in [0.717, 1.165) is 9.80 Å². The minimum absolute atomic E-state index is 0.0303. The van der Waals surface area contributed by atoms with E-state index in [1.165, 1.54) is 30.0 Å². The summed E-state index contributed by atoms with van der Waals surface area (Å²) in [6.45, 7) is 0. The molecule has 0 aromatic heterocycles. The number of carbonyl (C=O) groups is 3. The molecule has 1 atom stereocenters.